The molecule has 0 saturated carbocycles. The van der Waals surface area contributed by atoms with E-state index in [2.05, 4.69) is 0 Å². The molecule has 19 heavy (non-hydrogen) atoms. The molecule has 1 amide bonds. The number of Topliss-reactive ketones (excluding diaryl/α,β-unsaturated/α-hetero) is 1. The summed E-state index contributed by atoms with van der Waals surface area (Å²) in [7, 11) is 0. The third-order valence-electron chi connectivity index (χ3n) is 3.73. The van der Waals surface area contributed by atoms with E-state index in [1.54, 1.807) is 17.9 Å². The van der Waals surface area contributed by atoms with Crippen LogP contribution in [0.25, 0.3) is 0 Å². The van der Waals surface area contributed by atoms with E-state index in [4.69, 9.17) is 0 Å². The average molecular weight is 263 g/mol. The topological polar surface area (TPSA) is 37.4 Å². The molecule has 1 atom stereocenters. The molecule has 1 aliphatic heterocycles. The van der Waals surface area contributed by atoms with Crippen LogP contribution in [0.2, 0.25) is 0 Å². The van der Waals surface area contributed by atoms with E-state index in [9.17, 15) is 14.0 Å². The second-order valence-corrected chi connectivity index (χ2v) is 5.03. The van der Waals surface area contributed by atoms with Crippen LogP contribution in [0.1, 0.15) is 35.7 Å². The Labute approximate surface area is 112 Å². The molecule has 1 aromatic carbocycles. The van der Waals surface area contributed by atoms with Crippen LogP contribution >= 0.6 is 0 Å². The third kappa shape index (κ3) is 2.83. The summed E-state index contributed by atoms with van der Waals surface area (Å²) in [5, 5.41) is 0. The lowest BCUT2D eigenvalue weighted by molar-refractivity contribution is -0.125. The minimum absolute atomic E-state index is 0.0773. The summed E-state index contributed by atoms with van der Waals surface area (Å²) in [6.07, 6.45) is 1.14. The zero-order valence-corrected chi connectivity index (χ0v) is 11.3. The van der Waals surface area contributed by atoms with Gasteiger partial charge in [-0.3, -0.25) is 9.59 Å². The normalized spacial score (nSPS) is 19.6. The van der Waals surface area contributed by atoms with E-state index in [0.29, 0.717) is 25.1 Å². The number of aryl methyl sites for hydroxylation is 1. The molecule has 1 saturated heterocycles. The van der Waals surface area contributed by atoms with Crippen molar-refractivity contribution in [1.29, 1.82) is 0 Å². The van der Waals surface area contributed by atoms with Crippen molar-refractivity contribution < 1.29 is 14.0 Å². The molecule has 0 bridgehead atoms. The van der Waals surface area contributed by atoms with Crippen LogP contribution in [0.3, 0.4) is 0 Å². The molecule has 0 spiro atoms. The third-order valence-corrected chi connectivity index (χ3v) is 3.73. The number of likely N-dealkylation sites (tertiary alicyclic amines) is 1. The molecule has 3 nitrogen and oxygen atoms in total. The van der Waals surface area contributed by atoms with Crippen molar-refractivity contribution in [3.05, 3.63) is 35.1 Å². The van der Waals surface area contributed by atoms with E-state index in [0.717, 1.165) is 12.0 Å². The molecule has 1 unspecified atom stereocenters. The van der Waals surface area contributed by atoms with Crippen molar-refractivity contribution in [3.63, 3.8) is 0 Å². The van der Waals surface area contributed by atoms with E-state index in [1.807, 2.05) is 6.92 Å². The first-order valence-electron chi connectivity index (χ1n) is 6.61. The molecule has 0 radical (unpaired) electrons. The number of carbonyl (C=O) groups excluding carboxylic acids is 2. The van der Waals surface area contributed by atoms with Gasteiger partial charge in [-0.1, -0.05) is 13.0 Å². The molecule has 1 aliphatic rings. The van der Waals surface area contributed by atoms with Crippen LogP contribution < -0.4 is 0 Å². The molecule has 0 aliphatic carbocycles. The van der Waals surface area contributed by atoms with Crippen LogP contribution in [0.5, 0.6) is 0 Å². The van der Waals surface area contributed by atoms with E-state index >= 15 is 0 Å². The fourth-order valence-electron chi connectivity index (χ4n) is 2.44. The Kier molecular flexibility index (Phi) is 3.98. The van der Waals surface area contributed by atoms with Crippen molar-refractivity contribution in [2.45, 2.75) is 26.7 Å². The molecule has 2 rings (SSSR count). The molecule has 0 aromatic heterocycles. The fourth-order valence-corrected chi connectivity index (χ4v) is 2.44. The van der Waals surface area contributed by atoms with Crippen molar-refractivity contribution >= 4 is 11.7 Å². The van der Waals surface area contributed by atoms with Crippen LogP contribution in [-0.2, 0) is 4.79 Å². The summed E-state index contributed by atoms with van der Waals surface area (Å²) < 4.78 is 13.3. The van der Waals surface area contributed by atoms with Crippen LogP contribution in [0.4, 0.5) is 4.39 Å². The summed E-state index contributed by atoms with van der Waals surface area (Å²) in [6.45, 7) is 4.62. The van der Waals surface area contributed by atoms with E-state index < -0.39 is 5.82 Å². The minimum Gasteiger partial charge on any atom is -0.337 e. The Morgan fingerprint density at radius 3 is 2.89 bits per heavy atom. The SMILES string of the molecule is CCC1CN(C(=O)c2cc(F)ccc2C)CCC1=O. The number of nitrogens with zero attached hydrogens (tertiary/aromatic N) is 1. The zero-order valence-electron chi connectivity index (χ0n) is 11.3. The Hall–Kier alpha value is -1.71. The van der Waals surface area contributed by atoms with Crippen molar-refractivity contribution in [1.82, 2.24) is 4.90 Å². The second-order valence-electron chi connectivity index (χ2n) is 5.03. The summed E-state index contributed by atoms with van der Waals surface area (Å²) in [5.41, 5.74) is 1.15. The molecule has 1 aromatic rings. The maximum atomic E-state index is 13.3. The van der Waals surface area contributed by atoms with Crippen molar-refractivity contribution in [3.8, 4) is 0 Å². The summed E-state index contributed by atoms with van der Waals surface area (Å²) in [4.78, 5) is 25.7. The Morgan fingerprint density at radius 1 is 1.47 bits per heavy atom. The van der Waals surface area contributed by atoms with Gasteiger partial charge in [0.05, 0.1) is 0 Å². The van der Waals surface area contributed by atoms with Gasteiger partial charge in [-0.15, -0.1) is 0 Å². The second kappa shape index (κ2) is 5.51. The van der Waals surface area contributed by atoms with Crippen LogP contribution in [0, 0.1) is 18.7 Å². The first-order chi connectivity index (χ1) is 9.02. The lowest BCUT2D eigenvalue weighted by atomic mass is 9.93. The number of carbonyl (C=O) groups is 2. The summed E-state index contributed by atoms with van der Waals surface area (Å²) >= 11 is 0. The lowest BCUT2D eigenvalue weighted by Gasteiger charge is -2.31. The largest absolute Gasteiger partial charge is 0.337 e. The predicted octanol–water partition coefficient (Wildman–Crippen LogP) is 2.58. The maximum absolute atomic E-state index is 13.3. The van der Waals surface area contributed by atoms with Crippen molar-refractivity contribution in [2.75, 3.05) is 13.1 Å². The van der Waals surface area contributed by atoms with Gasteiger partial charge in [0.1, 0.15) is 11.6 Å². The first-order valence-corrected chi connectivity index (χ1v) is 6.61. The predicted molar refractivity (Wildman–Crippen MR) is 70.4 cm³/mol. The number of hydrogen-bond donors (Lipinski definition) is 0. The molecule has 102 valence electrons. The van der Waals surface area contributed by atoms with Gasteiger partial charge in [0, 0.05) is 31.0 Å². The number of hydrogen-bond acceptors (Lipinski definition) is 2. The number of ketones is 1. The van der Waals surface area contributed by atoms with Gasteiger partial charge in [0.2, 0.25) is 0 Å². The smallest absolute Gasteiger partial charge is 0.254 e. The number of amides is 1. The molecule has 1 fully saturated rings. The van der Waals surface area contributed by atoms with Gasteiger partial charge >= 0.3 is 0 Å². The Morgan fingerprint density at radius 2 is 2.21 bits per heavy atom. The zero-order chi connectivity index (χ0) is 14.0. The number of benzene rings is 1. The van der Waals surface area contributed by atoms with E-state index in [1.165, 1.54) is 12.1 Å². The Balaban J connectivity index is 2.20. The van der Waals surface area contributed by atoms with Gasteiger partial charge < -0.3 is 4.90 Å². The van der Waals surface area contributed by atoms with Gasteiger partial charge in [0.25, 0.3) is 5.91 Å². The quantitative estimate of drug-likeness (QED) is 0.822. The molecule has 1 heterocycles. The van der Waals surface area contributed by atoms with E-state index in [-0.39, 0.29) is 17.6 Å². The maximum Gasteiger partial charge on any atom is 0.254 e. The highest BCUT2D eigenvalue weighted by molar-refractivity contribution is 5.97. The molecular formula is C15H18FNO2. The lowest BCUT2D eigenvalue weighted by Crippen LogP contribution is -2.44. The number of piperidine rings is 1. The van der Waals surface area contributed by atoms with Gasteiger partial charge in [0.15, 0.2) is 0 Å². The molecule has 0 N–H and O–H groups in total. The molecule has 4 heteroatoms. The van der Waals surface area contributed by atoms with Gasteiger partial charge in [-0.2, -0.15) is 0 Å². The Bertz CT molecular complexity index is 513. The van der Waals surface area contributed by atoms with Crippen molar-refractivity contribution in [2.24, 2.45) is 5.92 Å². The minimum atomic E-state index is -0.408. The highest BCUT2D eigenvalue weighted by Crippen LogP contribution is 2.20. The first kappa shape index (κ1) is 13.7. The number of halogens is 1. The average Bonchev–Trinajstić information content (AvgIpc) is 2.41. The summed E-state index contributed by atoms with van der Waals surface area (Å²) in [5.74, 6) is -0.439. The van der Waals surface area contributed by atoms with Crippen LogP contribution in [0.15, 0.2) is 18.2 Å². The fraction of sp³-hybridized carbons (Fsp3) is 0.467. The van der Waals surface area contributed by atoms with Crippen LogP contribution in [-0.4, -0.2) is 29.7 Å². The standard InChI is InChI=1S/C15H18FNO2/c1-3-11-9-17(7-6-14(11)18)15(19)13-8-12(16)5-4-10(13)2/h4-5,8,11H,3,6-7,9H2,1-2H3. The monoisotopic (exact) mass is 263 g/mol. The number of rotatable bonds is 2. The van der Waals surface area contributed by atoms with Gasteiger partial charge in [-0.25, -0.2) is 4.39 Å². The molecular weight excluding hydrogens is 245 g/mol. The highest BCUT2D eigenvalue weighted by Gasteiger charge is 2.29. The highest BCUT2D eigenvalue weighted by atomic mass is 19.1. The summed E-state index contributed by atoms with van der Waals surface area (Å²) in [6, 6.07) is 4.23. The van der Waals surface area contributed by atoms with Gasteiger partial charge in [-0.05, 0) is 31.0 Å².